The molecule has 0 N–H and O–H groups in total. The molecule has 0 aliphatic heterocycles. The molecule has 0 saturated carbocycles. The quantitative estimate of drug-likeness (QED) is 0.0600. The molecule has 0 spiro atoms. The molecule has 5 heteroatoms. The molecule has 1 aromatic heterocycles. The maximum Gasteiger partial charge on any atom is 0.343 e. The van der Waals surface area contributed by atoms with Crippen LogP contribution in [0.3, 0.4) is 0 Å². The SMILES string of the molecule is C=CCCCCCCCCOc1ccc(C(=O)Oc2ccc(-c3ncc(CCCCC[C@@H](C)CC)cn3)cc2)cc1. The van der Waals surface area contributed by atoms with Crippen LogP contribution >= 0.6 is 0 Å². The molecule has 1 heterocycles. The Labute approximate surface area is 247 Å². The first kappa shape index (κ1) is 32.0. The second-order valence-corrected chi connectivity index (χ2v) is 11.0. The largest absolute Gasteiger partial charge is 0.494 e. The molecule has 0 saturated heterocycles. The van der Waals surface area contributed by atoms with Gasteiger partial charge >= 0.3 is 5.97 Å². The lowest BCUT2D eigenvalue weighted by Gasteiger charge is -2.08. The molecule has 220 valence electrons. The highest BCUT2D eigenvalue weighted by Gasteiger charge is 2.10. The van der Waals surface area contributed by atoms with Gasteiger partial charge in [-0.3, -0.25) is 0 Å². The topological polar surface area (TPSA) is 61.3 Å². The fourth-order valence-corrected chi connectivity index (χ4v) is 4.65. The first-order valence-electron chi connectivity index (χ1n) is 15.6. The highest BCUT2D eigenvalue weighted by atomic mass is 16.5. The van der Waals surface area contributed by atoms with Crippen molar-refractivity contribution in [2.45, 2.75) is 97.3 Å². The number of aryl methyl sites for hydroxylation is 1. The number of hydrogen-bond acceptors (Lipinski definition) is 5. The Morgan fingerprint density at radius 1 is 0.829 bits per heavy atom. The first-order valence-corrected chi connectivity index (χ1v) is 15.6. The molecular weight excluding hydrogens is 508 g/mol. The van der Waals surface area contributed by atoms with Gasteiger partial charge in [0.25, 0.3) is 0 Å². The third-order valence-corrected chi connectivity index (χ3v) is 7.55. The number of unbranched alkanes of at least 4 members (excludes halogenated alkanes) is 8. The number of esters is 1. The van der Waals surface area contributed by atoms with Crippen LogP contribution in [0.25, 0.3) is 11.4 Å². The van der Waals surface area contributed by atoms with Gasteiger partial charge in [-0.1, -0.05) is 71.3 Å². The molecule has 3 rings (SSSR count). The molecule has 2 aromatic carbocycles. The van der Waals surface area contributed by atoms with Gasteiger partial charge in [-0.15, -0.1) is 6.58 Å². The molecular formula is C36H48N2O3. The van der Waals surface area contributed by atoms with Gasteiger partial charge in [-0.05, 0) is 92.1 Å². The summed E-state index contributed by atoms with van der Waals surface area (Å²) in [5.41, 5.74) is 2.55. The number of rotatable bonds is 20. The summed E-state index contributed by atoms with van der Waals surface area (Å²) in [6.45, 7) is 9.04. The zero-order chi connectivity index (χ0) is 29.1. The van der Waals surface area contributed by atoms with E-state index in [2.05, 4.69) is 30.4 Å². The van der Waals surface area contributed by atoms with Gasteiger partial charge in [-0.25, -0.2) is 14.8 Å². The van der Waals surface area contributed by atoms with E-state index in [1.807, 2.05) is 42.7 Å². The third kappa shape index (κ3) is 12.3. The number of allylic oxidation sites excluding steroid dienone is 1. The Morgan fingerprint density at radius 2 is 1.46 bits per heavy atom. The lowest BCUT2D eigenvalue weighted by molar-refractivity contribution is 0.0734. The molecule has 0 unspecified atom stereocenters. The van der Waals surface area contributed by atoms with Crippen molar-refractivity contribution in [1.29, 1.82) is 0 Å². The van der Waals surface area contributed by atoms with E-state index < -0.39 is 5.97 Å². The van der Waals surface area contributed by atoms with Crippen molar-refractivity contribution < 1.29 is 14.3 Å². The summed E-state index contributed by atoms with van der Waals surface area (Å²) < 4.78 is 11.4. The van der Waals surface area contributed by atoms with Crippen molar-refractivity contribution in [2.75, 3.05) is 6.61 Å². The van der Waals surface area contributed by atoms with Gasteiger partial charge in [0.1, 0.15) is 11.5 Å². The normalized spacial score (nSPS) is 11.7. The highest BCUT2D eigenvalue weighted by Crippen LogP contribution is 2.22. The highest BCUT2D eigenvalue weighted by molar-refractivity contribution is 5.91. The predicted octanol–water partition coefficient (Wildman–Crippen LogP) is 9.81. The third-order valence-electron chi connectivity index (χ3n) is 7.55. The second-order valence-electron chi connectivity index (χ2n) is 11.0. The van der Waals surface area contributed by atoms with Crippen LogP contribution in [0.4, 0.5) is 0 Å². The van der Waals surface area contributed by atoms with Gasteiger partial charge in [0, 0.05) is 18.0 Å². The van der Waals surface area contributed by atoms with E-state index in [4.69, 9.17) is 9.47 Å². The maximum atomic E-state index is 12.6. The number of hydrogen-bond donors (Lipinski definition) is 0. The van der Waals surface area contributed by atoms with Crippen LogP contribution in [0.2, 0.25) is 0 Å². The Morgan fingerprint density at radius 3 is 2.15 bits per heavy atom. The minimum absolute atomic E-state index is 0.398. The number of aromatic nitrogens is 2. The zero-order valence-electron chi connectivity index (χ0n) is 25.2. The summed E-state index contributed by atoms with van der Waals surface area (Å²) in [6, 6.07) is 14.4. The standard InChI is InChI=1S/C36H48N2O3/c1-4-6-7-8-9-10-11-15-26-40-33-22-20-32(21-23-33)36(39)41-34-24-18-31(19-25-34)35-37-27-30(28-38-35)17-14-12-13-16-29(3)5-2/h4,18-25,27-29H,1,5-17,26H2,2-3H3/t29-/m0/s1. The van der Waals surface area contributed by atoms with Crippen molar-refractivity contribution in [3.63, 3.8) is 0 Å². The number of nitrogens with zero attached hydrogens (tertiary/aromatic N) is 2. The molecule has 1 atom stereocenters. The van der Waals surface area contributed by atoms with Crippen LogP contribution < -0.4 is 9.47 Å². The van der Waals surface area contributed by atoms with Crippen LogP contribution in [-0.4, -0.2) is 22.5 Å². The molecule has 0 radical (unpaired) electrons. The van der Waals surface area contributed by atoms with Crippen molar-refractivity contribution in [1.82, 2.24) is 9.97 Å². The molecule has 5 nitrogen and oxygen atoms in total. The fraction of sp³-hybridized carbons (Fsp3) is 0.472. The van der Waals surface area contributed by atoms with E-state index in [1.54, 1.807) is 24.3 Å². The molecule has 0 aliphatic rings. The van der Waals surface area contributed by atoms with Crippen LogP contribution in [0.1, 0.15) is 107 Å². The van der Waals surface area contributed by atoms with E-state index >= 15 is 0 Å². The van der Waals surface area contributed by atoms with Gasteiger partial charge in [0.05, 0.1) is 12.2 Å². The van der Waals surface area contributed by atoms with Gasteiger partial charge in [-0.2, -0.15) is 0 Å². The maximum absolute atomic E-state index is 12.6. The summed E-state index contributed by atoms with van der Waals surface area (Å²) >= 11 is 0. The molecule has 0 amide bonds. The Balaban J connectivity index is 1.37. The van der Waals surface area contributed by atoms with Crippen molar-refractivity contribution in [3.8, 4) is 22.9 Å². The first-order chi connectivity index (χ1) is 20.1. The second kappa shape index (κ2) is 18.8. The van der Waals surface area contributed by atoms with Gasteiger partial charge in [0.15, 0.2) is 5.82 Å². The Bertz CT molecular complexity index is 1140. The van der Waals surface area contributed by atoms with Crippen LogP contribution in [0, 0.1) is 5.92 Å². The molecule has 41 heavy (non-hydrogen) atoms. The number of carbonyl (C=O) groups excluding carboxylic acids is 1. The van der Waals surface area contributed by atoms with E-state index in [1.165, 1.54) is 69.8 Å². The molecule has 0 bridgehead atoms. The predicted molar refractivity (Wildman–Crippen MR) is 169 cm³/mol. The lowest BCUT2D eigenvalue weighted by Crippen LogP contribution is -2.08. The number of carbonyl (C=O) groups is 1. The van der Waals surface area contributed by atoms with E-state index in [-0.39, 0.29) is 0 Å². The van der Waals surface area contributed by atoms with E-state index in [0.29, 0.717) is 23.7 Å². The van der Waals surface area contributed by atoms with Crippen molar-refractivity contribution >= 4 is 5.97 Å². The Kier molecular flexibility index (Phi) is 14.7. The summed E-state index contributed by atoms with van der Waals surface area (Å²) in [5.74, 6) is 2.35. The smallest absolute Gasteiger partial charge is 0.343 e. The summed E-state index contributed by atoms with van der Waals surface area (Å²) in [6.07, 6.45) is 21.5. The average molecular weight is 557 g/mol. The summed E-state index contributed by atoms with van der Waals surface area (Å²) in [4.78, 5) is 21.7. The van der Waals surface area contributed by atoms with E-state index in [0.717, 1.165) is 36.5 Å². The van der Waals surface area contributed by atoms with Crippen LogP contribution in [0.5, 0.6) is 11.5 Å². The minimum Gasteiger partial charge on any atom is -0.494 e. The monoisotopic (exact) mass is 556 g/mol. The van der Waals surface area contributed by atoms with Crippen LogP contribution in [0.15, 0.2) is 73.6 Å². The summed E-state index contributed by atoms with van der Waals surface area (Å²) in [7, 11) is 0. The van der Waals surface area contributed by atoms with Gasteiger partial charge < -0.3 is 9.47 Å². The minimum atomic E-state index is -0.398. The lowest BCUT2D eigenvalue weighted by atomic mass is 10.00. The zero-order valence-corrected chi connectivity index (χ0v) is 25.2. The van der Waals surface area contributed by atoms with E-state index in [9.17, 15) is 4.79 Å². The summed E-state index contributed by atoms with van der Waals surface area (Å²) in [5, 5.41) is 0. The van der Waals surface area contributed by atoms with Gasteiger partial charge in [0.2, 0.25) is 0 Å². The fourth-order valence-electron chi connectivity index (χ4n) is 4.65. The molecule has 3 aromatic rings. The average Bonchev–Trinajstić information content (AvgIpc) is 3.01. The molecule has 0 aliphatic carbocycles. The number of benzene rings is 2. The van der Waals surface area contributed by atoms with Crippen molar-refractivity contribution in [3.05, 3.63) is 84.7 Å². The number of ether oxygens (including phenoxy) is 2. The van der Waals surface area contributed by atoms with Crippen LogP contribution in [-0.2, 0) is 6.42 Å². The Hall–Kier alpha value is -3.47. The van der Waals surface area contributed by atoms with Crippen molar-refractivity contribution in [2.24, 2.45) is 5.92 Å². The molecule has 0 fully saturated rings.